The van der Waals surface area contributed by atoms with Crippen LogP contribution in [0.3, 0.4) is 0 Å². The third kappa shape index (κ3) is 4.85. The van der Waals surface area contributed by atoms with Gasteiger partial charge in [0, 0.05) is 6.20 Å². The molecule has 1 aromatic heterocycles. The van der Waals surface area contributed by atoms with Gasteiger partial charge >= 0.3 is 0 Å². The Balaban J connectivity index is 2.34. The van der Waals surface area contributed by atoms with Crippen molar-refractivity contribution in [2.75, 3.05) is 6.61 Å². The van der Waals surface area contributed by atoms with Crippen LogP contribution >= 0.6 is 0 Å². The molecule has 1 rings (SSSR count). The molecule has 0 aromatic carbocycles. The highest BCUT2D eigenvalue weighted by atomic mass is 16.5. The predicted molar refractivity (Wildman–Crippen MR) is 69.5 cm³/mol. The van der Waals surface area contributed by atoms with E-state index >= 15 is 0 Å². The Morgan fingerprint density at radius 1 is 1.35 bits per heavy atom. The fraction of sp³-hybridized carbons (Fsp3) is 0.538. The third-order valence-corrected chi connectivity index (χ3v) is 2.58. The number of nitrogens with zero attached hydrogens (tertiary/aromatic N) is 1. The van der Waals surface area contributed by atoms with Crippen LogP contribution in [0.25, 0.3) is 0 Å². The quantitative estimate of drug-likeness (QED) is 0.413. The maximum atomic E-state index is 7.42. The molecule has 0 bridgehead atoms. The van der Waals surface area contributed by atoms with Gasteiger partial charge in [-0.25, -0.2) is 0 Å². The summed E-state index contributed by atoms with van der Waals surface area (Å²) in [5.74, 6) is 0.629. The molecule has 4 heteroatoms. The number of aromatic nitrogens is 1. The van der Waals surface area contributed by atoms with Gasteiger partial charge in [0.05, 0.1) is 18.4 Å². The summed E-state index contributed by atoms with van der Waals surface area (Å²) < 4.78 is 5.60. The minimum absolute atomic E-state index is 0.0217. The van der Waals surface area contributed by atoms with Crippen LogP contribution in [0.2, 0.25) is 0 Å². The maximum absolute atomic E-state index is 7.42. The van der Waals surface area contributed by atoms with Gasteiger partial charge in [-0.05, 0) is 12.5 Å². The minimum Gasteiger partial charge on any atom is -0.491 e. The number of hydrogen-bond acceptors (Lipinski definition) is 3. The summed E-state index contributed by atoms with van der Waals surface area (Å²) in [6.07, 6.45) is 9.24. The zero-order chi connectivity index (χ0) is 12.5. The topological polar surface area (TPSA) is 72.0 Å². The number of pyridine rings is 1. The van der Waals surface area contributed by atoms with E-state index in [-0.39, 0.29) is 5.84 Å². The van der Waals surface area contributed by atoms with Gasteiger partial charge in [-0.15, -0.1) is 0 Å². The van der Waals surface area contributed by atoms with Crippen molar-refractivity contribution in [1.82, 2.24) is 4.98 Å². The zero-order valence-corrected chi connectivity index (χ0v) is 10.4. The summed E-state index contributed by atoms with van der Waals surface area (Å²) in [4.78, 5) is 3.98. The molecule has 0 aliphatic rings. The van der Waals surface area contributed by atoms with E-state index in [2.05, 4.69) is 11.9 Å². The average molecular weight is 235 g/mol. The molecule has 0 unspecified atom stereocenters. The van der Waals surface area contributed by atoms with E-state index in [4.69, 9.17) is 15.9 Å². The first kappa shape index (κ1) is 13.5. The summed E-state index contributed by atoms with van der Waals surface area (Å²) in [5, 5.41) is 7.42. The zero-order valence-electron chi connectivity index (χ0n) is 10.4. The molecule has 0 aliphatic heterocycles. The Hall–Kier alpha value is -1.58. The Morgan fingerprint density at radius 3 is 2.82 bits per heavy atom. The van der Waals surface area contributed by atoms with Crippen LogP contribution in [0, 0.1) is 5.41 Å². The highest BCUT2D eigenvalue weighted by Gasteiger charge is 2.05. The van der Waals surface area contributed by atoms with Crippen LogP contribution in [0.15, 0.2) is 18.5 Å². The molecule has 94 valence electrons. The first-order chi connectivity index (χ1) is 8.25. The van der Waals surface area contributed by atoms with Crippen LogP contribution in [0.1, 0.15) is 44.6 Å². The second kappa shape index (κ2) is 7.65. The number of hydrogen-bond donors (Lipinski definition) is 2. The van der Waals surface area contributed by atoms with Crippen molar-refractivity contribution in [3.8, 4) is 5.75 Å². The molecule has 1 heterocycles. The van der Waals surface area contributed by atoms with Crippen molar-refractivity contribution in [3.05, 3.63) is 24.0 Å². The number of nitrogens with two attached hydrogens (primary N) is 1. The summed E-state index contributed by atoms with van der Waals surface area (Å²) in [6, 6.07) is 1.70. The summed E-state index contributed by atoms with van der Waals surface area (Å²) >= 11 is 0. The Labute approximate surface area is 103 Å². The third-order valence-electron chi connectivity index (χ3n) is 2.58. The van der Waals surface area contributed by atoms with E-state index in [0.29, 0.717) is 17.9 Å². The average Bonchev–Trinajstić information content (AvgIpc) is 2.34. The number of unbranched alkanes of at least 4 members (excludes halogenated alkanes) is 4. The lowest BCUT2D eigenvalue weighted by molar-refractivity contribution is 0.303. The van der Waals surface area contributed by atoms with E-state index in [1.165, 1.54) is 25.7 Å². The second-order valence-electron chi connectivity index (χ2n) is 4.05. The standard InChI is InChI=1S/C13H21N3O/c1-2-3-4-5-6-9-17-12-10-16-8-7-11(12)13(14)15/h7-8,10H,2-6,9H2,1H3,(H3,14,15). The van der Waals surface area contributed by atoms with Crippen LogP contribution in [-0.2, 0) is 0 Å². The van der Waals surface area contributed by atoms with Gasteiger partial charge in [0.2, 0.25) is 0 Å². The number of amidine groups is 1. The lowest BCUT2D eigenvalue weighted by Crippen LogP contribution is -2.13. The van der Waals surface area contributed by atoms with Crippen molar-refractivity contribution >= 4 is 5.84 Å². The molecule has 17 heavy (non-hydrogen) atoms. The number of ether oxygens (including phenoxy) is 1. The van der Waals surface area contributed by atoms with Gasteiger partial charge in [0.25, 0.3) is 0 Å². The first-order valence-corrected chi connectivity index (χ1v) is 6.17. The highest BCUT2D eigenvalue weighted by molar-refractivity contribution is 5.97. The van der Waals surface area contributed by atoms with Crippen LogP contribution in [0.4, 0.5) is 0 Å². The van der Waals surface area contributed by atoms with Crippen molar-refractivity contribution in [1.29, 1.82) is 5.41 Å². The van der Waals surface area contributed by atoms with Gasteiger partial charge in [0.1, 0.15) is 11.6 Å². The number of nitrogen functional groups attached to an aromatic ring is 1. The number of rotatable bonds is 8. The minimum atomic E-state index is 0.0217. The van der Waals surface area contributed by atoms with Gasteiger partial charge in [-0.2, -0.15) is 0 Å². The van der Waals surface area contributed by atoms with E-state index in [0.717, 1.165) is 6.42 Å². The van der Waals surface area contributed by atoms with E-state index < -0.39 is 0 Å². The predicted octanol–water partition coefficient (Wildman–Crippen LogP) is 2.71. The van der Waals surface area contributed by atoms with Crippen molar-refractivity contribution in [3.63, 3.8) is 0 Å². The molecule has 4 nitrogen and oxygen atoms in total. The molecule has 0 aliphatic carbocycles. The van der Waals surface area contributed by atoms with Crippen molar-refractivity contribution in [2.24, 2.45) is 5.73 Å². The first-order valence-electron chi connectivity index (χ1n) is 6.17. The van der Waals surface area contributed by atoms with Gasteiger partial charge in [-0.1, -0.05) is 32.6 Å². The van der Waals surface area contributed by atoms with Crippen molar-refractivity contribution in [2.45, 2.75) is 39.0 Å². The fourth-order valence-electron chi connectivity index (χ4n) is 1.61. The van der Waals surface area contributed by atoms with E-state index in [1.807, 2.05) is 0 Å². The monoisotopic (exact) mass is 235 g/mol. The Bertz CT molecular complexity index is 352. The summed E-state index contributed by atoms with van der Waals surface area (Å²) in [7, 11) is 0. The van der Waals surface area contributed by atoms with Gasteiger partial charge in [-0.3, -0.25) is 10.4 Å². The molecule has 0 radical (unpaired) electrons. The molecular formula is C13H21N3O. The van der Waals surface area contributed by atoms with E-state index in [9.17, 15) is 0 Å². The highest BCUT2D eigenvalue weighted by Crippen LogP contribution is 2.16. The summed E-state index contributed by atoms with van der Waals surface area (Å²) in [5.41, 5.74) is 6.08. The lowest BCUT2D eigenvalue weighted by atomic mass is 10.2. The molecule has 0 atom stereocenters. The largest absolute Gasteiger partial charge is 0.491 e. The van der Waals surface area contributed by atoms with Crippen LogP contribution in [0.5, 0.6) is 5.75 Å². The molecule has 3 N–H and O–H groups in total. The Kier molecular flexibility index (Phi) is 6.07. The molecule has 1 aromatic rings. The normalized spacial score (nSPS) is 10.2. The van der Waals surface area contributed by atoms with Crippen LogP contribution < -0.4 is 10.5 Å². The SMILES string of the molecule is CCCCCCCOc1cnccc1C(=N)N. The molecule has 0 fully saturated rings. The second-order valence-corrected chi connectivity index (χ2v) is 4.05. The molecule has 0 saturated carbocycles. The maximum Gasteiger partial charge on any atom is 0.148 e. The summed E-state index contributed by atoms with van der Waals surface area (Å²) in [6.45, 7) is 2.86. The van der Waals surface area contributed by atoms with E-state index in [1.54, 1.807) is 18.5 Å². The number of nitrogens with one attached hydrogen (secondary N) is 1. The molecular weight excluding hydrogens is 214 g/mol. The molecule has 0 spiro atoms. The lowest BCUT2D eigenvalue weighted by Gasteiger charge is -2.09. The van der Waals surface area contributed by atoms with Crippen LogP contribution in [-0.4, -0.2) is 17.4 Å². The molecule has 0 amide bonds. The Morgan fingerprint density at radius 2 is 2.12 bits per heavy atom. The van der Waals surface area contributed by atoms with Crippen molar-refractivity contribution < 1.29 is 4.74 Å². The molecule has 0 saturated heterocycles. The smallest absolute Gasteiger partial charge is 0.148 e. The van der Waals surface area contributed by atoms with Gasteiger partial charge in [0.15, 0.2) is 0 Å². The fourth-order valence-corrected chi connectivity index (χ4v) is 1.61. The van der Waals surface area contributed by atoms with Gasteiger partial charge < -0.3 is 10.5 Å².